The monoisotopic (exact) mass is 542 g/mol. The van der Waals surface area contributed by atoms with Crippen LogP contribution in [0.5, 0.6) is 5.88 Å². The Balaban J connectivity index is 0. The third-order valence-electron chi connectivity index (χ3n) is 3.99. The van der Waals surface area contributed by atoms with E-state index in [-0.39, 0.29) is 130 Å². The van der Waals surface area contributed by atoms with Gasteiger partial charge in [-0.1, -0.05) is 24.3 Å². The topological polar surface area (TPSA) is 198 Å². The summed E-state index contributed by atoms with van der Waals surface area (Å²) < 4.78 is 24.3. The SMILES string of the molecule is CN=Nc1c(O)n(-c2cccc(P(=O)([O-])[O-])c2)n(-c2cccc(P(=O)([O-])[O-])c2)c1=O.[Na+].[Na+].[Na+].[Na+]. The summed E-state index contributed by atoms with van der Waals surface area (Å²) >= 11 is 0. The van der Waals surface area contributed by atoms with Gasteiger partial charge in [-0.05, 0) is 50.1 Å². The van der Waals surface area contributed by atoms with Gasteiger partial charge in [-0.3, -0.25) is 4.79 Å². The van der Waals surface area contributed by atoms with E-state index in [4.69, 9.17) is 0 Å². The van der Waals surface area contributed by atoms with Crippen LogP contribution >= 0.6 is 15.2 Å². The van der Waals surface area contributed by atoms with E-state index in [1.807, 2.05) is 0 Å². The van der Waals surface area contributed by atoms with Crippen molar-refractivity contribution in [3.63, 3.8) is 0 Å². The first-order valence-corrected chi connectivity index (χ1v) is 11.2. The van der Waals surface area contributed by atoms with E-state index in [1.54, 1.807) is 0 Å². The number of rotatable bonds is 5. The fourth-order valence-electron chi connectivity index (χ4n) is 2.73. The maximum atomic E-state index is 12.8. The van der Waals surface area contributed by atoms with E-state index in [1.165, 1.54) is 31.3 Å². The maximum absolute atomic E-state index is 12.8. The largest absolute Gasteiger partial charge is 1.00 e. The molecule has 0 aliphatic heterocycles. The first-order valence-electron chi connectivity index (χ1n) is 8.08. The van der Waals surface area contributed by atoms with Gasteiger partial charge >= 0.3 is 124 Å². The number of hydrogen-bond donors (Lipinski definition) is 1. The van der Waals surface area contributed by atoms with Gasteiger partial charge in [0, 0.05) is 7.05 Å². The Labute approximate surface area is 282 Å². The number of aromatic nitrogens is 2. The molecule has 3 aromatic rings. The molecule has 1 heterocycles. The van der Waals surface area contributed by atoms with E-state index in [2.05, 4.69) is 10.2 Å². The Morgan fingerprint density at radius 3 is 1.59 bits per heavy atom. The first kappa shape index (κ1) is 37.3. The Morgan fingerprint density at radius 2 is 1.21 bits per heavy atom. The predicted molar refractivity (Wildman–Crippen MR) is 98.0 cm³/mol. The van der Waals surface area contributed by atoms with Crippen LogP contribution in [0.1, 0.15) is 0 Å². The van der Waals surface area contributed by atoms with Gasteiger partial charge in [0.2, 0.25) is 11.6 Å². The van der Waals surface area contributed by atoms with E-state index in [0.29, 0.717) is 0 Å². The Hall–Kier alpha value is 1.15. The molecule has 18 heteroatoms. The molecule has 0 unspecified atom stereocenters. The van der Waals surface area contributed by atoms with Crippen molar-refractivity contribution < 1.29 is 152 Å². The second-order valence-corrected chi connectivity index (χ2v) is 8.96. The van der Waals surface area contributed by atoms with Crippen LogP contribution in [0, 0.1) is 0 Å². The molecule has 0 aliphatic carbocycles. The molecule has 1 aromatic heterocycles. The summed E-state index contributed by atoms with van der Waals surface area (Å²) in [5, 5.41) is 16.3. The van der Waals surface area contributed by atoms with Crippen molar-refractivity contribution in [2.45, 2.75) is 0 Å². The van der Waals surface area contributed by atoms with Crippen molar-refractivity contribution in [1.29, 1.82) is 0 Å². The third kappa shape index (κ3) is 8.33. The summed E-state index contributed by atoms with van der Waals surface area (Å²) in [5.41, 5.74) is -1.74. The fourth-order valence-corrected chi connectivity index (χ4v) is 3.85. The summed E-state index contributed by atoms with van der Waals surface area (Å²) in [6, 6.07) is 8.86. The van der Waals surface area contributed by atoms with Crippen molar-refractivity contribution in [3.8, 4) is 17.3 Å². The van der Waals surface area contributed by atoms with Gasteiger partial charge in [-0.15, -0.1) is 5.11 Å². The number of aromatic hydroxyl groups is 1. The summed E-state index contributed by atoms with van der Waals surface area (Å²) in [5.74, 6) is -0.757. The second kappa shape index (κ2) is 14.9. The minimum absolute atomic E-state index is 0. The summed E-state index contributed by atoms with van der Waals surface area (Å²) in [6.07, 6.45) is 0. The van der Waals surface area contributed by atoms with Crippen LogP contribution in [0.15, 0.2) is 63.6 Å². The molecule has 0 spiro atoms. The molecule has 0 fully saturated rings. The Kier molecular flexibility index (Phi) is 16.4. The zero-order valence-corrected chi connectivity index (χ0v) is 28.9. The van der Waals surface area contributed by atoms with Crippen LogP contribution in [0.4, 0.5) is 5.69 Å². The van der Waals surface area contributed by atoms with Crippen LogP contribution in [-0.2, 0) is 9.13 Å². The molecule has 1 N–H and O–H groups in total. The smallest absolute Gasteiger partial charge is 0.807 e. The molecule has 0 radical (unpaired) electrons. The molecule has 34 heavy (non-hydrogen) atoms. The van der Waals surface area contributed by atoms with Crippen LogP contribution in [-0.4, -0.2) is 21.5 Å². The molecule has 0 bridgehead atoms. The van der Waals surface area contributed by atoms with Crippen LogP contribution in [0.3, 0.4) is 0 Å². The molecule has 0 aliphatic rings. The average molecular weight is 542 g/mol. The Bertz CT molecular complexity index is 1320. The molecule has 2 aromatic carbocycles. The van der Waals surface area contributed by atoms with Gasteiger partial charge in [-0.25, -0.2) is 9.36 Å². The molecule has 158 valence electrons. The zero-order chi connectivity index (χ0) is 22.3. The standard InChI is InChI=1S/C16H16N4O8P2.4Na/c1-17-18-14-15(21)19(10-4-2-6-12(8-10)29(23,24)25)20(16(14)22)11-5-3-7-13(9-11)30(26,27)28;;;;/h2-9,21H,1H3,(H2,23,24,25)(H2,26,27,28);;;;/q;4*+1/p-4. The molecule has 0 atom stereocenters. The molecule has 12 nitrogen and oxygen atoms in total. The van der Waals surface area contributed by atoms with Crippen molar-refractivity contribution in [2.24, 2.45) is 10.2 Å². The molecular formula is C16H12N4Na4O8P2. The van der Waals surface area contributed by atoms with Gasteiger partial charge in [0.05, 0.1) is 11.4 Å². The first-order chi connectivity index (χ1) is 13.9. The van der Waals surface area contributed by atoms with Gasteiger partial charge in [0.15, 0.2) is 0 Å². The predicted octanol–water partition coefficient (Wildman–Crippen LogP) is -13.9. The second-order valence-electron chi connectivity index (χ2n) is 5.94. The van der Waals surface area contributed by atoms with Gasteiger partial charge in [0.25, 0.3) is 0 Å². The molecule has 3 rings (SSSR count). The summed E-state index contributed by atoms with van der Waals surface area (Å²) in [7, 11) is -9.09. The normalized spacial score (nSPS) is 11.1. The van der Waals surface area contributed by atoms with Crippen molar-refractivity contribution in [1.82, 2.24) is 9.36 Å². The third-order valence-corrected chi connectivity index (χ3v) is 5.81. The molecule has 0 saturated carbocycles. The van der Waals surface area contributed by atoms with E-state index < -0.39 is 42.9 Å². The molecular weight excluding hydrogens is 530 g/mol. The van der Waals surface area contributed by atoms with E-state index in [0.717, 1.165) is 33.6 Å². The van der Waals surface area contributed by atoms with E-state index >= 15 is 0 Å². The molecule has 0 amide bonds. The van der Waals surface area contributed by atoms with Gasteiger partial charge < -0.3 is 33.8 Å². The minimum atomic E-state index is -5.16. The van der Waals surface area contributed by atoms with Gasteiger partial charge in [-0.2, -0.15) is 5.11 Å². The van der Waals surface area contributed by atoms with E-state index in [9.17, 15) is 38.6 Å². The Morgan fingerprint density at radius 1 is 0.794 bits per heavy atom. The van der Waals surface area contributed by atoms with Crippen molar-refractivity contribution in [3.05, 3.63) is 58.9 Å². The summed E-state index contributed by atoms with van der Waals surface area (Å²) in [6.45, 7) is 0. The number of nitrogens with zero attached hydrogens (tertiary/aromatic N) is 4. The van der Waals surface area contributed by atoms with Crippen molar-refractivity contribution in [2.75, 3.05) is 7.05 Å². The molecule has 0 saturated heterocycles. The van der Waals surface area contributed by atoms with Crippen molar-refractivity contribution >= 4 is 31.5 Å². The number of azo groups is 1. The minimum Gasteiger partial charge on any atom is -0.807 e. The van der Waals surface area contributed by atoms with Crippen LogP contribution in [0.2, 0.25) is 0 Å². The average Bonchev–Trinajstić information content (AvgIpc) is 2.92. The van der Waals surface area contributed by atoms with Crippen LogP contribution in [0.25, 0.3) is 11.4 Å². The summed E-state index contributed by atoms with van der Waals surface area (Å²) in [4.78, 5) is 58.4. The fraction of sp³-hybridized carbons (Fsp3) is 0.0625. The maximum Gasteiger partial charge on any atom is 1.00 e. The number of hydrogen-bond acceptors (Lipinski definition) is 10. The quantitative estimate of drug-likeness (QED) is 0.186. The number of benzene rings is 2. The zero-order valence-electron chi connectivity index (χ0n) is 19.1. The van der Waals surface area contributed by atoms with Crippen LogP contribution < -0.4 is 154 Å². The van der Waals surface area contributed by atoms with Gasteiger partial charge in [0.1, 0.15) is 0 Å².